The zero-order valence-corrected chi connectivity index (χ0v) is 14.4. The van der Waals surface area contributed by atoms with E-state index < -0.39 is 5.91 Å². The Morgan fingerprint density at radius 2 is 1.75 bits per heavy atom. The van der Waals surface area contributed by atoms with Crippen molar-refractivity contribution in [2.45, 2.75) is 25.8 Å². The van der Waals surface area contributed by atoms with Gasteiger partial charge in [-0.3, -0.25) is 4.79 Å². The Morgan fingerprint density at radius 3 is 2.33 bits per heavy atom. The third-order valence-electron chi connectivity index (χ3n) is 3.67. The number of nitrogens with zero attached hydrogens (tertiary/aromatic N) is 1. The van der Waals surface area contributed by atoms with Gasteiger partial charge in [0.05, 0.1) is 5.69 Å². The fourth-order valence-electron chi connectivity index (χ4n) is 2.26. The Kier molecular flexibility index (Phi) is 6.26. The predicted molar refractivity (Wildman–Crippen MR) is 99.2 cm³/mol. The summed E-state index contributed by atoms with van der Waals surface area (Å²) in [6.07, 6.45) is 1.72. The van der Waals surface area contributed by atoms with Gasteiger partial charge < -0.3 is 11.1 Å². The van der Waals surface area contributed by atoms with Crippen molar-refractivity contribution in [3.05, 3.63) is 65.7 Å². The highest BCUT2D eigenvalue weighted by Gasteiger charge is 2.15. The van der Waals surface area contributed by atoms with Crippen LogP contribution in [0.3, 0.4) is 0 Å². The third-order valence-corrected chi connectivity index (χ3v) is 4.08. The van der Waals surface area contributed by atoms with Gasteiger partial charge in [0.15, 0.2) is 0 Å². The van der Waals surface area contributed by atoms with Crippen molar-refractivity contribution in [2.75, 3.05) is 4.31 Å². The quantitative estimate of drug-likeness (QED) is 0.705. The monoisotopic (exact) mass is 343 g/mol. The molecule has 0 heterocycles. The Morgan fingerprint density at radius 1 is 1.12 bits per heavy atom. The van der Waals surface area contributed by atoms with Crippen LogP contribution in [0.5, 0.6) is 0 Å². The number of carbonyl (C=O) groups excluding carboxylic acids is 2. The fraction of sp³-hybridized carbons (Fsp3) is 0.222. The van der Waals surface area contributed by atoms with E-state index in [9.17, 15) is 9.59 Å². The van der Waals surface area contributed by atoms with Crippen LogP contribution in [-0.4, -0.2) is 18.0 Å². The van der Waals surface area contributed by atoms with E-state index in [2.05, 4.69) is 30.3 Å². The molecule has 0 saturated heterocycles. The van der Waals surface area contributed by atoms with Gasteiger partial charge in [-0.25, -0.2) is 9.10 Å². The van der Waals surface area contributed by atoms with Crippen molar-refractivity contribution in [1.82, 2.24) is 5.32 Å². The van der Waals surface area contributed by atoms with Crippen LogP contribution in [0.2, 0.25) is 0 Å². The average molecular weight is 343 g/mol. The van der Waals surface area contributed by atoms with E-state index in [0.717, 1.165) is 12.8 Å². The summed E-state index contributed by atoms with van der Waals surface area (Å²) in [5, 5.41) is 2.90. The Bertz CT molecular complexity index is 689. The molecule has 5 nitrogen and oxygen atoms in total. The Labute approximate surface area is 147 Å². The summed E-state index contributed by atoms with van der Waals surface area (Å²) in [7, 11) is 0. The van der Waals surface area contributed by atoms with Crippen LogP contribution < -0.4 is 15.4 Å². The molecule has 24 heavy (non-hydrogen) atoms. The van der Waals surface area contributed by atoms with Crippen LogP contribution in [-0.2, 0) is 6.42 Å². The minimum absolute atomic E-state index is 0.0113. The van der Waals surface area contributed by atoms with Gasteiger partial charge in [0.1, 0.15) is 0 Å². The molecular formula is C18H21N3O2S. The first kappa shape index (κ1) is 17.9. The van der Waals surface area contributed by atoms with E-state index in [1.54, 1.807) is 24.3 Å². The lowest BCUT2D eigenvalue weighted by Gasteiger charge is -2.20. The largest absolute Gasteiger partial charge is 0.366 e. The number of nitrogens with one attached hydrogen (secondary N) is 1. The Balaban J connectivity index is 1.87. The molecule has 0 aliphatic rings. The molecule has 0 aliphatic carbocycles. The minimum atomic E-state index is -0.508. The number of primary amides is 1. The molecule has 0 radical (unpaired) electrons. The zero-order valence-electron chi connectivity index (χ0n) is 13.5. The number of hydrogen-bond donors (Lipinski definition) is 3. The number of amides is 3. The molecule has 6 heteroatoms. The highest BCUT2D eigenvalue weighted by atomic mass is 32.1. The van der Waals surface area contributed by atoms with Crippen LogP contribution >= 0.6 is 12.8 Å². The second-order valence-electron chi connectivity index (χ2n) is 5.60. The molecular weight excluding hydrogens is 322 g/mol. The molecule has 2 aromatic rings. The van der Waals surface area contributed by atoms with E-state index in [1.807, 2.05) is 25.1 Å². The van der Waals surface area contributed by atoms with Gasteiger partial charge in [0.25, 0.3) is 0 Å². The topological polar surface area (TPSA) is 75.4 Å². The molecule has 0 aliphatic heterocycles. The summed E-state index contributed by atoms with van der Waals surface area (Å²) in [6, 6.07) is 16.2. The number of hydrogen-bond acceptors (Lipinski definition) is 3. The summed E-state index contributed by atoms with van der Waals surface area (Å²) >= 11 is 4.22. The van der Waals surface area contributed by atoms with Gasteiger partial charge >= 0.3 is 6.03 Å². The molecule has 0 bridgehead atoms. The average Bonchev–Trinajstić information content (AvgIpc) is 2.60. The number of urea groups is 1. The van der Waals surface area contributed by atoms with E-state index in [-0.39, 0.29) is 12.1 Å². The molecule has 1 unspecified atom stereocenters. The first-order chi connectivity index (χ1) is 11.5. The van der Waals surface area contributed by atoms with Crippen LogP contribution in [0.25, 0.3) is 0 Å². The van der Waals surface area contributed by atoms with Crippen molar-refractivity contribution in [3.63, 3.8) is 0 Å². The summed E-state index contributed by atoms with van der Waals surface area (Å²) in [5.74, 6) is -0.508. The standard InChI is InChI=1S/C18H21N3O2S/c1-13(7-8-14-5-3-2-4-6-14)20-18(23)21(24)16-11-9-15(10-12-16)17(19)22/h2-6,9-13,24H,7-8H2,1H3,(H2,19,22)(H,20,23). The fourth-order valence-corrected chi connectivity index (χ4v) is 2.45. The minimum Gasteiger partial charge on any atom is -0.366 e. The van der Waals surface area contributed by atoms with Gasteiger partial charge in [-0.2, -0.15) is 0 Å². The normalized spacial score (nSPS) is 11.6. The molecule has 2 rings (SSSR count). The van der Waals surface area contributed by atoms with Crippen LogP contribution in [0, 0.1) is 0 Å². The number of rotatable bonds is 6. The smallest absolute Gasteiger partial charge is 0.332 e. The molecule has 0 aromatic heterocycles. The van der Waals surface area contributed by atoms with E-state index in [1.165, 1.54) is 9.87 Å². The molecule has 0 saturated carbocycles. The maximum atomic E-state index is 12.2. The van der Waals surface area contributed by atoms with E-state index >= 15 is 0 Å². The SMILES string of the molecule is CC(CCc1ccccc1)NC(=O)N(S)c1ccc(C(N)=O)cc1. The molecule has 126 valence electrons. The second-order valence-corrected chi connectivity index (χ2v) is 6.00. The van der Waals surface area contributed by atoms with Crippen LogP contribution in [0.4, 0.5) is 10.5 Å². The van der Waals surface area contributed by atoms with Crippen LogP contribution in [0.1, 0.15) is 29.3 Å². The number of carbonyl (C=O) groups is 2. The van der Waals surface area contributed by atoms with Crippen molar-refractivity contribution in [1.29, 1.82) is 0 Å². The van der Waals surface area contributed by atoms with E-state index in [4.69, 9.17) is 5.73 Å². The zero-order chi connectivity index (χ0) is 17.5. The summed E-state index contributed by atoms with van der Waals surface area (Å²) in [5.41, 5.74) is 7.39. The number of thiol groups is 1. The highest BCUT2D eigenvalue weighted by Crippen LogP contribution is 2.17. The number of nitrogens with two attached hydrogens (primary N) is 1. The summed E-state index contributed by atoms with van der Waals surface area (Å²) in [6.45, 7) is 1.96. The molecule has 0 spiro atoms. The lowest BCUT2D eigenvalue weighted by Crippen LogP contribution is -2.39. The maximum absolute atomic E-state index is 12.2. The van der Waals surface area contributed by atoms with Crippen molar-refractivity contribution in [2.24, 2.45) is 5.73 Å². The number of aryl methyl sites for hydroxylation is 1. The van der Waals surface area contributed by atoms with Crippen molar-refractivity contribution >= 4 is 30.4 Å². The third kappa shape index (κ3) is 5.03. The van der Waals surface area contributed by atoms with E-state index in [0.29, 0.717) is 11.3 Å². The first-order valence-electron chi connectivity index (χ1n) is 7.70. The molecule has 0 fully saturated rings. The van der Waals surface area contributed by atoms with Crippen molar-refractivity contribution < 1.29 is 9.59 Å². The first-order valence-corrected chi connectivity index (χ1v) is 8.10. The van der Waals surface area contributed by atoms with Gasteiger partial charge in [0, 0.05) is 11.6 Å². The maximum Gasteiger partial charge on any atom is 0.332 e. The highest BCUT2D eigenvalue weighted by molar-refractivity contribution is 7.82. The van der Waals surface area contributed by atoms with Gasteiger partial charge in [-0.15, -0.1) is 0 Å². The molecule has 1 atom stereocenters. The van der Waals surface area contributed by atoms with Gasteiger partial charge in [0.2, 0.25) is 5.91 Å². The number of anilines is 1. The van der Waals surface area contributed by atoms with Gasteiger partial charge in [-0.1, -0.05) is 43.1 Å². The van der Waals surface area contributed by atoms with Crippen LogP contribution in [0.15, 0.2) is 54.6 Å². The second kappa shape index (κ2) is 8.40. The number of benzene rings is 2. The summed E-state index contributed by atoms with van der Waals surface area (Å²) in [4.78, 5) is 23.3. The Hall–Kier alpha value is -2.47. The molecule has 3 N–H and O–H groups in total. The van der Waals surface area contributed by atoms with Gasteiger partial charge in [-0.05, 0) is 49.6 Å². The predicted octanol–water partition coefficient (Wildman–Crippen LogP) is 3.17. The molecule has 2 aromatic carbocycles. The lowest BCUT2D eigenvalue weighted by molar-refractivity contribution is 0.100. The van der Waals surface area contributed by atoms with Crippen molar-refractivity contribution in [3.8, 4) is 0 Å². The lowest BCUT2D eigenvalue weighted by atomic mass is 10.1. The summed E-state index contributed by atoms with van der Waals surface area (Å²) < 4.78 is 1.21. The molecule has 3 amide bonds.